The number of carbonyl (C=O) groups is 2. The van der Waals surface area contributed by atoms with E-state index in [0.717, 1.165) is 0 Å². The standard InChI is InChI=1S/C14H15N3O4/c18-13(16-7-4-10(8-16)14(19)20)12-3-2-11(21-12)9-17-6-1-5-15-17/h1-3,5-6,10H,4,7-9H2,(H,19,20). The molecule has 21 heavy (non-hydrogen) atoms. The fourth-order valence-electron chi connectivity index (χ4n) is 2.43. The Morgan fingerprint density at radius 1 is 1.43 bits per heavy atom. The number of carbonyl (C=O) groups excluding carboxylic acids is 1. The lowest BCUT2D eigenvalue weighted by Crippen LogP contribution is -2.29. The van der Waals surface area contributed by atoms with Gasteiger partial charge in [-0.05, 0) is 24.6 Å². The van der Waals surface area contributed by atoms with Crippen LogP contribution in [0.4, 0.5) is 0 Å². The smallest absolute Gasteiger partial charge is 0.308 e. The maximum atomic E-state index is 12.2. The summed E-state index contributed by atoms with van der Waals surface area (Å²) in [5.74, 6) is -0.721. The number of rotatable bonds is 4. The van der Waals surface area contributed by atoms with E-state index in [0.29, 0.717) is 25.3 Å². The lowest BCUT2D eigenvalue weighted by atomic mass is 10.1. The van der Waals surface area contributed by atoms with E-state index >= 15 is 0 Å². The van der Waals surface area contributed by atoms with Crippen molar-refractivity contribution in [1.29, 1.82) is 0 Å². The van der Waals surface area contributed by atoms with E-state index in [1.54, 1.807) is 23.0 Å². The van der Waals surface area contributed by atoms with Crippen LogP contribution in [-0.4, -0.2) is 44.8 Å². The molecule has 1 amide bonds. The van der Waals surface area contributed by atoms with Crippen LogP contribution in [0.2, 0.25) is 0 Å². The maximum Gasteiger partial charge on any atom is 0.308 e. The predicted molar refractivity (Wildman–Crippen MR) is 71.7 cm³/mol. The second-order valence-electron chi connectivity index (χ2n) is 5.04. The van der Waals surface area contributed by atoms with Gasteiger partial charge in [0.25, 0.3) is 5.91 Å². The highest BCUT2D eigenvalue weighted by Gasteiger charge is 2.32. The summed E-state index contributed by atoms with van der Waals surface area (Å²) in [5, 5.41) is 13.0. The first-order valence-electron chi connectivity index (χ1n) is 6.71. The van der Waals surface area contributed by atoms with Gasteiger partial charge in [-0.1, -0.05) is 0 Å². The van der Waals surface area contributed by atoms with Gasteiger partial charge >= 0.3 is 5.97 Å². The van der Waals surface area contributed by atoms with Gasteiger partial charge in [0, 0.05) is 25.5 Å². The zero-order valence-electron chi connectivity index (χ0n) is 11.3. The van der Waals surface area contributed by atoms with Crippen LogP contribution >= 0.6 is 0 Å². The number of likely N-dealkylation sites (tertiary alicyclic amines) is 1. The van der Waals surface area contributed by atoms with Crippen LogP contribution < -0.4 is 0 Å². The molecule has 1 atom stereocenters. The Kier molecular flexibility index (Phi) is 3.47. The Morgan fingerprint density at radius 2 is 2.29 bits per heavy atom. The molecule has 1 aliphatic rings. The molecule has 3 heterocycles. The van der Waals surface area contributed by atoms with E-state index in [9.17, 15) is 9.59 Å². The normalized spacial score (nSPS) is 18.1. The van der Waals surface area contributed by atoms with Crippen molar-refractivity contribution in [2.75, 3.05) is 13.1 Å². The van der Waals surface area contributed by atoms with Gasteiger partial charge in [-0.15, -0.1) is 0 Å². The van der Waals surface area contributed by atoms with Gasteiger partial charge in [0.1, 0.15) is 5.76 Å². The Hall–Kier alpha value is -2.57. The van der Waals surface area contributed by atoms with Crippen LogP contribution in [-0.2, 0) is 11.3 Å². The molecule has 7 nitrogen and oxygen atoms in total. The van der Waals surface area contributed by atoms with Crippen LogP contribution in [0, 0.1) is 5.92 Å². The van der Waals surface area contributed by atoms with E-state index in [2.05, 4.69) is 5.10 Å². The summed E-state index contributed by atoms with van der Waals surface area (Å²) >= 11 is 0. The molecule has 0 radical (unpaired) electrons. The second kappa shape index (κ2) is 5.43. The summed E-state index contributed by atoms with van der Waals surface area (Å²) in [7, 11) is 0. The lowest BCUT2D eigenvalue weighted by molar-refractivity contribution is -0.141. The van der Waals surface area contributed by atoms with E-state index in [-0.39, 0.29) is 18.2 Å². The third-order valence-electron chi connectivity index (χ3n) is 3.57. The van der Waals surface area contributed by atoms with Crippen molar-refractivity contribution in [3.63, 3.8) is 0 Å². The molecule has 7 heteroatoms. The van der Waals surface area contributed by atoms with Crippen LogP contribution in [0.5, 0.6) is 0 Å². The largest absolute Gasteiger partial charge is 0.481 e. The van der Waals surface area contributed by atoms with Gasteiger partial charge in [-0.25, -0.2) is 0 Å². The highest BCUT2D eigenvalue weighted by atomic mass is 16.4. The molecule has 0 bridgehead atoms. The number of carboxylic acids is 1. The number of aromatic nitrogens is 2. The molecule has 0 saturated carbocycles. The molecular weight excluding hydrogens is 274 g/mol. The quantitative estimate of drug-likeness (QED) is 0.909. The van der Waals surface area contributed by atoms with Gasteiger partial charge in [0.05, 0.1) is 12.5 Å². The first kappa shape index (κ1) is 13.4. The monoisotopic (exact) mass is 289 g/mol. The average Bonchev–Trinajstić information content (AvgIpc) is 3.20. The molecule has 1 saturated heterocycles. The summed E-state index contributed by atoms with van der Waals surface area (Å²) < 4.78 is 7.23. The molecule has 0 aliphatic carbocycles. The summed E-state index contributed by atoms with van der Waals surface area (Å²) in [6.07, 6.45) is 3.97. The fourth-order valence-corrected chi connectivity index (χ4v) is 2.43. The van der Waals surface area contributed by atoms with Crippen molar-refractivity contribution >= 4 is 11.9 Å². The number of aliphatic carboxylic acids is 1. The molecule has 2 aromatic rings. The topological polar surface area (TPSA) is 88.6 Å². The lowest BCUT2D eigenvalue weighted by Gasteiger charge is -2.13. The van der Waals surface area contributed by atoms with Gasteiger partial charge < -0.3 is 14.4 Å². The van der Waals surface area contributed by atoms with Gasteiger partial charge in [-0.2, -0.15) is 5.10 Å². The Labute approximate surface area is 120 Å². The number of hydrogen-bond acceptors (Lipinski definition) is 4. The molecule has 1 unspecified atom stereocenters. The third kappa shape index (κ3) is 2.81. The number of nitrogens with zero attached hydrogens (tertiary/aromatic N) is 3. The van der Waals surface area contributed by atoms with Gasteiger partial charge in [-0.3, -0.25) is 14.3 Å². The number of hydrogen-bond donors (Lipinski definition) is 1. The highest BCUT2D eigenvalue weighted by molar-refractivity contribution is 5.92. The van der Waals surface area contributed by atoms with Gasteiger partial charge in [0.15, 0.2) is 5.76 Å². The van der Waals surface area contributed by atoms with Crippen molar-refractivity contribution < 1.29 is 19.1 Å². The SMILES string of the molecule is O=C(O)C1CCN(C(=O)c2ccc(Cn3cccn3)o2)C1. The number of amides is 1. The Bertz CT molecular complexity index is 647. The molecule has 0 aromatic carbocycles. The Balaban J connectivity index is 1.66. The fraction of sp³-hybridized carbons (Fsp3) is 0.357. The maximum absolute atomic E-state index is 12.2. The average molecular weight is 289 g/mol. The zero-order chi connectivity index (χ0) is 14.8. The van der Waals surface area contributed by atoms with Crippen LogP contribution in [0.3, 0.4) is 0 Å². The first-order chi connectivity index (χ1) is 10.1. The highest BCUT2D eigenvalue weighted by Crippen LogP contribution is 2.20. The van der Waals surface area contributed by atoms with Crippen molar-refractivity contribution in [3.8, 4) is 0 Å². The minimum atomic E-state index is -0.857. The summed E-state index contributed by atoms with van der Waals surface area (Å²) in [4.78, 5) is 24.7. The van der Waals surface area contributed by atoms with Gasteiger partial charge in [0.2, 0.25) is 0 Å². The molecule has 1 aliphatic heterocycles. The van der Waals surface area contributed by atoms with Crippen molar-refractivity contribution in [3.05, 3.63) is 42.1 Å². The number of furan rings is 1. The molecule has 0 spiro atoms. The molecule has 1 fully saturated rings. The third-order valence-corrected chi connectivity index (χ3v) is 3.57. The number of carboxylic acid groups (broad SMARTS) is 1. The first-order valence-corrected chi connectivity index (χ1v) is 6.71. The molecule has 2 aromatic heterocycles. The van der Waals surface area contributed by atoms with E-state index < -0.39 is 11.9 Å². The minimum absolute atomic E-state index is 0.239. The molecule has 110 valence electrons. The minimum Gasteiger partial charge on any atom is -0.481 e. The van der Waals surface area contributed by atoms with Crippen LogP contribution in [0.15, 0.2) is 35.0 Å². The van der Waals surface area contributed by atoms with E-state index in [4.69, 9.17) is 9.52 Å². The van der Waals surface area contributed by atoms with E-state index in [1.165, 1.54) is 4.90 Å². The molecule has 3 rings (SSSR count). The Morgan fingerprint density at radius 3 is 2.95 bits per heavy atom. The van der Waals surface area contributed by atoms with Crippen LogP contribution in [0.25, 0.3) is 0 Å². The predicted octanol–water partition coefficient (Wildman–Crippen LogP) is 1.07. The van der Waals surface area contributed by atoms with E-state index in [1.807, 2.05) is 12.3 Å². The summed E-state index contributed by atoms with van der Waals surface area (Å²) in [6, 6.07) is 5.17. The van der Waals surface area contributed by atoms with Crippen molar-refractivity contribution in [2.45, 2.75) is 13.0 Å². The summed E-state index contributed by atoms with van der Waals surface area (Å²) in [5.41, 5.74) is 0. The molecular formula is C14H15N3O4. The van der Waals surface area contributed by atoms with Crippen molar-refractivity contribution in [2.24, 2.45) is 5.92 Å². The van der Waals surface area contributed by atoms with Crippen LogP contribution in [0.1, 0.15) is 22.7 Å². The zero-order valence-corrected chi connectivity index (χ0v) is 11.3. The summed E-state index contributed by atoms with van der Waals surface area (Å²) in [6.45, 7) is 1.15. The second-order valence-corrected chi connectivity index (χ2v) is 5.04. The molecule has 1 N–H and O–H groups in total. The van der Waals surface area contributed by atoms with Crippen molar-refractivity contribution in [1.82, 2.24) is 14.7 Å².